The zero-order chi connectivity index (χ0) is 27.6. The molecular formula is C38H24N4. The van der Waals surface area contributed by atoms with E-state index in [1.807, 2.05) is 24.5 Å². The number of rotatable bonds is 3. The fourth-order valence-corrected chi connectivity index (χ4v) is 6.58. The van der Waals surface area contributed by atoms with E-state index < -0.39 is 0 Å². The highest BCUT2D eigenvalue weighted by Crippen LogP contribution is 2.38. The molecule has 0 aliphatic rings. The van der Waals surface area contributed by atoms with Crippen molar-refractivity contribution in [2.24, 2.45) is 0 Å². The molecule has 0 atom stereocenters. The molecule has 0 unspecified atom stereocenters. The smallest absolute Gasteiger partial charge is 0.137 e. The first-order valence-electron chi connectivity index (χ1n) is 14.2. The third-order valence-corrected chi connectivity index (χ3v) is 8.41. The summed E-state index contributed by atoms with van der Waals surface area (Å²) in [6.07, 6.45) is 3.76. The Kier molecular flexibility index (Phi) is 4.87. The Morgan fingerprint density at radius 1 is 0.405 bits per heavy atom. The molecule has 9 rings (SSSR count). The summed E-state index contributed by atoms with van der Waals surface area (Å²) in [4.78, 5) is 9.56. The molecule has 9 aromatic rings. The average molecular weight is 537 g/mol. The second-order valence-corrected chi connectivity index (χ2v) is 10.7. The van der Waals surface area contributed by atoms with Gasteiger partial charge in [0.05, 0.1) is 27.8 Å². The van der Waals surface area contributed by atoms with Crippen molar-refractivity contribution in [1.29, 1.82) is 0 Å². The van der Waals surface area contributed by atoms with E-state index in [1.165, 1.54) is 32.4 Å². The van der Waals surface area contributed by atoms with Gasteiger partial charge in [0.1, 0.15) is 5.82 Å². The van der Waals surface area contributed by atoms with Crippen LogP contribution < -0.4 is 0 Å². The van der Waals surface area contributed by atoms with E-state index in [-0.39, 0.29) is 0 Å². The van der Waals surface area contributed by atoms with E-state index in [4.69, 9.17) is 9.97 Å². The lowest BCUT2D eigenvalue weighted by Crippen LogP contribution is -1.98. The molecule has 0 radical (unpaired) electrons. The molecule has 0 saturated heterocycles. The number of para-hydroxylation sites is 2. The molecule has 0 N–H and O–H groups in total. The van der Waals surface area contributed by atoms with Crippen LogP contribution in [0.3, 0.4) is 0 Å². The standard InChI is InChI=1S/C38H24N4/c1-2-10-28-25(9-1)20-22-40-38(28)26-16-18-31-29-11-3-5-13-33(29)41(35(31)23-26)27-17-19-32-30-12-4-6-14-34(30)42(36(32)24-27)37-15-7-8-21-39-37/h1-24H. The second kappa shape index (κ2) is 8.88. The van der Waals surface area contributed by atoms with E-state index in [1.54, 1.807) is 0 Å². The van der Waals surface area contributed by atoms with Crippen LogP contribution in [0.5, 0.6) is 0 Å². The first kappa shape index (κ1) is 23.0. The van der Waals surface area contributed by atoms with E-state index in [0.29, 0.717) is 0 Å². The van der Waals surface area contributed by atoms with Gasteiger partial charge in [0.2, 0.25) is 0 Å². The molecule has 0 bridgehead atoms. The van der Waals surface area contributed by atoms with Gasteiger partial charge in [0.25, 0.3) is 0 Å². The number of aromatic nitrogens is 4. The Hall–Kier alpha value is -5.74. The average Bonchev–Trinajstić information content (AvgIpc) is 3.57. The Bertz CT molecular complexity index is 2460. The van der Waals surface area contributed by atoms with Gasteiger partial charge >= 0.3 is 0 Å². The monoisotopic (exact) mass is 536 g/mol. The number of hydrogen-bond donors (Lipinski definition) is 0. The summed E-state index contributed by atoms with van der Waals surface area (Å²) in [5.74, 6) is 0.910. The van der Waals surface area contributed by atoms with Crippen LogP contribution in [-0.4, -0.2) is 19.1 Å². The van der Waals surface area contributed by atoms with Crippen molar-refractivity contribution in [1.82, 2.24) is 19.1 Å². The van der Waals surface area contributed by atoms with Crippen molar-refractivity contribution < 1.29 is 0 Å². The van der Waals surface area contributed by atoms with E-state index in [9.17, 15) is 0 Å². The minimum atomic E-state index is 0.910. The molecule has 0 saturated carbocycles. The Morgan fingerprint density at radius 3 is 1.83 bits per heavy atom. The highest BCUT2D eigenvalue weighted by Gasteiger charge is 2.17. The predicted octanol–water partition coefficient (Wildman–Crippen LogP) is 9.49. The van der Waals surface area contributed by atoms with Crippen LogP contribution in [-0.2, 0) is 0 Å². The molecule has 196 valence electrons. The van der Waals surface area contributed by atoms with E-state index >= 15 is 0 Å². The van der Waals surface area contributed by atoms with Crippen LogP contribution in [0.1, 0.15) is 0 Å². The van der Waals surface area contributed by atoms with Crippen molar-refractivity contribution in [3.63, 3.8) is 0 Å². The summed E-state index contributed by atoms with van der Waals surface area (Å²) in [5, 5.41) is 7.23. The van der Waals surface area contributed by atoms with E-state index in [0.717, 1.165) is 44.7 Å². The Balaban J connectivity index is 1.36. The molecule has 0 spiro atoms. The van der Waals surface area contributed by atoms with Crippen LogP contribution in [0, 0.1) is 0 Å². The van der Waals surface area contributed by atoms with Gasteiger partial charge in [-0.05, 0) is 53.9 Å². The number of hydrogen-bond acceptors (Lipinski definition) is 2. The van der Waals surface area contributed by atoms with Crippen molar-refractivity contribution in [2.45, 2.75) is 0 Å². The first-order valence-corrected chi connectivity index (χ1v) is 14.2. The summed E-state index contributed by atoms with van der Waals surface area (Å²) in [5.41, 5.74) is 7.82. The maximum atomic E-state index is 4.83. The molecule has 42 heavy (non-hydrogen) atoms. The van der Waals surface area contributed by atoms with Gasteiger partial charge in [-0.3, -0.25) is 9.55 Å². The van der Waals surface area contributed by atoms with Gasteiger partial charge in [-0.1, -0.05) is 84.9 Å². The number of pyridine rings is 2. The highest BCUT2D eigenvalue weighted by molar-refractivity contribution is 6.12. The van der Waals surface area contributed by atoms with Crippen molar-refractivity contribution in [2.75, 3.05) is 0 Å². The summed E-state index contributed by atoms with van der Waals surface area (Å²) < 4.78 is 4.66. The van der Waals surface area contributed by atoms with Crippen molar-refractivity contribution in [3.05, 3.63) is 146 Å². The second-order valence-electron chi connectivity index (χ2n) is 10.7. The third-order valence-electron chi connectivity index (χ3n) is 8.41. The van der Waals surface area contributed by atoms with Crippen LogP contribution in [0.4, 0.5) is 0 Å². The van der Waals surface area contributed by atoms with Gasteiger partial charge in [0, 0.05) is 50.6 Å². The number of fused-ring (bicyclic) bond motifs is 7. The zero-order valence-electron chi connectivity index (χ0n) is 22.6. The minimum absolute atomic E-state index is 0.910. The maximum absolute atomic E-state index is 4.83. The van der Waals surface area contributed by atoms with Crippen LogP contribution in [0.2, 0.25) is 0 Å². The lowest BCUT2D eigenvalue weighted by atomic mass is 10.0. The topological polar surface area (TPSA) is 35.6 Å². The Labute approximate surface area is 241 Å². The maximum Gasteiger partial charge on any atom is 0.137 e. The highest BCUT2D eigenvalue weighted by atomic mass is 15.1. The Morgan fingerprint density at radius 2 is 1.05 bits per heavy atom. The SMILES string of the molecule is c1ccc(-n2c3ccccc3c3ccc(-n4c5ccccc5c5ccc(-c6nccc7ccccc67)cc54)cc32)nc1. The number of nitrogens with zero attached hydrogens (tertiary/aromatic N) is 4. The largest absolute Gasteiger partial charge is 0.309 e. The first-order chi connectivity index (χ1) is 20.8. The molecule has 4 aromatic heterocycles. The fourth-order valence-electron chi connectivity index (χ4n) is 6.58. The van der Waals surface area contributed by atoms with Crippen LogP contribution in [0.15, 0.2) is 146 Å². The van der Waals surface area contributed by atoms with Crippen molar-refractivity contribution >= 4 is 54.4 Å². The lowest BCUT2D eigenvalue weighted by molar-refractivity contribution is 1.08. The molecule has 4 heteroatoms. The molecule has 0 aliphatic carbocycles. The molecule has 0 amide bonds. The molecule has 0 fully saturated rings. The normalized spacial score (nSPS) is 11.8. The van der Waals surface area contributed by atoms with Crippen molar-refractivity contribution in [3.8, 4) is 22.8 Å². The number of benzene rings is 5. The van der Waals surface area contributed by atoms with Gasteiger partial charge < -0.3 is 4.57 Å². The summed E-state index contributed by atoms with van der Waals surface area (Å²) in [6, 6.07) is 47.4. The quantitative estimate of drug-likeness (QED) is 0.225. The molecule has 4 heterocycles. The molecule has 5 aromatic carbocycles. The van der Waals surface area contributed by atoms with E-state index in [2.05, 4.69) is 130 Å². The third kappa shape index (κ3) is 3.29. The zero-order valence-corrected chi connectivity index (χ0v) is 22.6. The van der Waals surface area contributed by atoms with Crippen LogP contribution >= 0.6 is 0 Å². The summed E-state index contributed by atoms with van der Waals surface area (Å²) in [6.45, 7) is 0. The molecular weight excluding hydrogens is 512 g/mol. The minimum Gasteiger partial charge on any atom is -0.309 e. The van der Waals surface area contributed by atoms with Gasteiger partial charge in [-0.25, -0.2) is 4.98 Å². The van der Waals surface area contributed by atoms with Gasteiger partial charge in [0.15, 0.2) is 0 Å². The summed E-state index contributed by atoms with van der Waals surface area (Å²) >= 11 is 0. The van der Waals surface area contributed by atoms with Gasteiger partial charge in [-0.15, -0.1) is 0 Å². The predicted molar refractivity (Wildman–Crippen MR) is 174 cm³/mol. The van der Waals surface area contributed by atoms with Crippen LogP contribution in [0.25, 0.3) is 77.1 Å². The molecule has 0 aliphatic heterocycles. The lowest BCUT2D eigenvalue weighted by Gasteiger charge is -2.11. The molecule has 4 nitrogen and oxygen atoms in total. The fraction of sp³-hybridized carbons (Fsp3) is 0. The summed E-state index contributed by atoms with van der Waals surface area (Å²) in [7, 11) is 0. The van der Waals surface area contributed by atoms with Gasteiger partial charge in [-0.2, -0.15) is 0 Å².